The maximum absolute atomic E-state index is 11.3. The first-order valence-electron chi connectivity index (χ1n) is 6.70. The van der Waals surface area contributed by atoms with Gasteiger partial charge in [0.05, 0.1) is 13.2 Å². The molecule has 1 aromatic carbocycles. The van der Waals surface area contributed by atoms with Crippen LogP contribution in [0.4, 0.5) is 0 Å². The molecule has 3 N–H and O–H groups in total. The summed E-state index contributed by atoms with van der Waals surface area (Å²) in [6.07, 6.45) is 1.82. The minimum atomic E-state index is -0.257. The van der Waals surface area contributed by atoms with Crippen LogP contribution in [0.5, 0.6) is 5.75 Å². The molecule has 1 aromatic rings. The number of hydrogen-bond acceptors (Lipinski definition) is 3. The van der Waals surface area contributed by atoms with Crippen LogP contribution in [-0.2, 0) is 4.79 Å². The molecule has 1 fully saturated rings. The van der Waals surface area contributed by atoms with Crippen molar-refractivity contribution in [1.29, 1.82) is 0 Å². The van der Waals surface area contributed by atoms with Gasteiger partial charge in [-0.3, -0.25) is 4.79 Å². The van der Waals surface area contributed by atoms with Gasteiger partial charge in [0.1, 0.15) is 5.75 Å². The molecule has 4 heteroatoms. The largest absolute Gasteiger partial charge is 0.496 e. The molecule has 0 bridgehead atoms. The van der Waals surface area contributed by atoms with Crippen molar-refractivity contribution in [1.82, 2.24) is 5.32 Å². The van der Waals surface area contributed by atoms with Gasteiger partial charge in [-0.1, -0.05) is 6.07 Å². The minimum Gasteiger partial charge on any atom is -0.496 e. The van der Waals surface area contributed by atoms with Crippen LogP contribution in [0.15, 0.2) is 12.1 Å². The first-order valence-corrected chi connectivity index (χ1v) is 6.70. The molecule has 1 aliphatic heterocycles. The molecule has 19 heavy (non-hydrogen) atoms. The highest BCUT2D eigenvalue weighted by Crippen LogP contribution is 2.33. The van der Waals surface area contributed by atoms with Crippen LogP contribution in [0.3, 0.4) is 0 Å². The van der Waals surface area contributed by atoms with Gasteiger partial charge >= 0.3 is 0 Å². The number of carbonyl (C=O) groups is 1. The highest BCUT2D eigenvalue weighted by atomic mass is 16.5. The van der Waals surface area contributed by atoms with E-state index in [1.54, 1.807) is 7.11 Å². The second kappa shape index (κ2) is 5.61. The average molecular weight is 262 g/mol. The van der Waals surface area contributed by atoms with Crippen LogP contribution in [0.25, 0.3) is 0 Å². The quantitative estimate of drug-likeness (QED) is 0.870. The Bertz CT molecular complexity index is 485. The summed E-state index contributed by atoms with van der Waals surface area (Å²) in [4.78, 5) is 11.3. The number of nitrogens with two attached hydrogens (primary N) is 1. The van der Waals surface area contributed by atoms with E-state index in [0.29, 0.717) is 5.92 Å². The Morgan fingerprint density at radius 3 is 2.74 bits per heavy atom. The second-order valence-electron chi connectivity index (χ2n) is 5.31. The number of benzene rings is 1. The third-order valence-corrected chi connectivity index (χ3v) is 3.97. The smallest absolute Gasteiger partial charge is 0.234 e. The lowest BCUT2D eigenvalue weighted by Gasteiger charge is -2.30. The van der Waals surface area contributed by atoms with Crippen molar-refractivity contribution in [2.75, 3.05) is 13.7 Å². The number of rotatable bonds is 3. The molecule has 0 saturated carbocycles. The highest BCUT2D eigenvalue weighted by molar-refractivity contribution is 5.80. The monoisotopic (exact) mass is 262 g/mol. The minimum absolute atomic E-state index is 0.208. The van der Waals surface area contributed by atoms with E-state index in [1.807, 2.05) is 0 Å². The fraction of sp³-hybridized carbons (Fsp3) is 0.533. The molecule has 1 aliphatic rings. The van der Waals surface area contributed by atoms with E-state index >= 15 is 0 Å². The van der Waals surface area contributed by atoms with Crippen LogP contribution >= 0.6 is 0 Å². The van der Waals surface area contributed by atoms with Crippen LogP contribution in [0.2, 0.25) is 0 Å². The average Bonchev–Trinajstić information content (AvgIpc) is 2.41. The van der Waals surface area contributed by atoms with Gasteiger partial charge in [0.2, 0.25) is 5.91 Å². The molecular formula is C15H22N2O2. The Hall–Kier alpha value is -1.55. The van der Waals surface area contributed by atoms with E-state index in [2.05, 4.69) is 31.3 Å². The predicted octanol–water partition coefficient (Wildman–Crippen LogP) is 1.63. The van der Waals surface area contributed by atoms with E-state index in [9.17, 15) is 4.79 Å². The number of primary amides is 1. The van der Waals surface area contributed by atoms with Crippen molar-refractivity contribution in [2.45, 2.75) is 38.6 Å². The molecule has 1 amide bonds. The molecule has 0 aromatic heterocycles. The van der Waals surface area contributed by atoms with Crippen LogP contribution in [0, 0.1) is 13.8 Å². The fourth-order valence-corrected chi connectivity index (χ4v) is 2.89. The summed E-state index contributed by atoms with van der Waals surface area (Å²) in [6.45, 7) is 4.98. The molecule has 0 aliphatic carbocycles. The lowest BCUT2D eigenvalue weighted by Crippen LogP contribution is -2.46. The lowest BCUT2D eigenvalue weighted by atomic mass is 9.83. The number of aryl methyl sites for hydroxylation is 2. The maximum atomic E-state index is 11.3. The van der Waals surface area contributed by atoms with Crippen molar-refractivity contribution in [3.05, 3.63) is 28.8 Å². The van der Waals surface area contributed by atoms with Gasteiger partial charge in [-0.25, -0.2) is 0 Å². The molecule has 4 nitrogen and oxygen atoms in total. The molecule has 2 unspecified atom stereocenters. The summed E-state index contributed by atoms with van der Waals surface area (Å²) < 4.78 is 5.34. The van der Waals surface area contributed by atoms with E-state index in [1.165, 1.54) is 11.1 Å². The summed E-state index contributed by atoms with van der Waals surface area (Å²) in [5.74, 6) is 1.05. The van der Waals surface area contributed by atoms with E-state index in [0.717, 1.165) is 30.7 Å². The van der Waals surface area contributed by atoms with Gasteiger partial charge < -0.3 is 15.8 Å². The van der Waals surface area contributed by atoms with Crippen molar-refractivity contribution in [3.63, 3.8) is 0 Å². The summed E-state index contributed by atoms with van der Waals surface area (Å²) >= 11 is 0. The number of nitrogens with one attached hydrogen (secondary N) is 1. The molecule has 2 rings (SSSR count). The van der Waals surface area contributed by atoms with Gasteiger partial charge in [0.15, 0.2) is 0 Å². The number of hydrogen-bond donors (Lipinski definition) is 2. The van der Waals surface area contributed by atoms with E-state index < -0.39 is 0 Å². The first-order chi connectivity index (χ1) is 9.02. The predicted molar refractivity (Wildman–Crippen MR) is 75.4 cm³/mol. The number of methoxy groups -OCH3 is 1. The second-order valence-corrected chi connectivity index (χ2v) is 5.31. The van der Waals surface area contributed by atoms with Gasteiger partial charge in [0, 0.05) is 0 Å². The number of amides is 1. The zero-order chi connectivity index (χ0) is 14.0. The zero-order valence-corrected chi connectivity index (χ0v) is 11.8. The number of piperidine rings is 1. The highest BCUT2D eigenvalue weighted by Gasteiger charge is 2.27. The standard InChI is InChI=1S/C15H22N2O2/c1-9-7-14(19-3)10(2)6-12(9)11-4-5-17-13(8-11)15(16)18/h6-7,11,13,17H,4-5,8H2,1-3H3,(H2,16,18). The third-order valence-electron chi connectivity index (χ3n) is 3.97. The third kappa shape index (κ3) is 2.89. The van der Waals surface area contributed by atoms with Gasteiger partial charge in [-0.15, -0.1) is 0 Å². The zero-order valence-electron chi connectivity index (χ0n) is 11.8. The molecule has 0 radical (unpaired) electrons. The van der Waals surface area contributed by atoms with Crippen molar-refractivity contribution in [3.8, 4) is 5.75 Å². The maximum Gasteiger partial charge on any atom is 0.234 e. The Labute approximate surface area is 114 Å². The summed E-state index contributed by atoms with van der Waals surface area (Å²) in [6, 6.07) is 4.05. The Balaban J connectivity index is 2.26. The Morgan fingerprint density at radius 2 is 2.11 bits per heavy atom. The van der Waals surface area contributed by atoms with Gasteiger partial charge in [-0.2, -0.15) is 0 Å². The SMILES string of the molecule is COc1cc(C)c(C2CCNC(C(N)=O)C2)cc1C. The van der Waals surface area contributed by atoms with Gasteiger partial charge in [0.25, 0.3) is 0 Å². The molecule has 104 valence electrons. The number of carbonyl (C=O) groups excluding carboxylic acids is 1. The fourth-order valence-electron chi connectivity index (χ4n) is 2.89. The molecule has 2 atom stereocenters. The summed E-state index contributed by atoms with van der Waals surface area (Å²) in [5.41, 5.74) is 9.07. The Kier molecular flexibility index (Phi) is 4.10. The first kappa shape index (κ1) is 13.9. The van der Waals surface area contributed by atoms with Crippen LogP contribution < -0.4 is 15.8 Å². The Morgan fingerprint density at radius 1 is 1.37 bits per heavy atom. The summed E-state index contributed by atoms with van der Waals surface area (Å²) in [7, 11) is 1.69. The van der Waals surface area contributed by atoms with Crippen molar-refractivity contribution < 1.29 is 9.53 Å². The lowest BCUT2D eigenvalue weighted by molar-refractivity contribution is -0.120. The topological polar surface area (TPSA) is 64.3 Å². The van der Waals surface area contributed by atoms with Crippen LogP contribution in [-0.4, -0.2) is 25.6 Å². The van der Waals surface area contributed by atoms with Crippen LogP contribution in [0.1, 0.15) is 35.4 Å². The van der Waals surface area contributed by atoms with E-state index in [-0.39, 0.29) is 11.9 Å². The molecular weight excluding hydrogens is 240 g/mol. The number of ether oxygens (including phenoxy) is 1. The summed E-state index contributed by atoms with van der Waals surface area (Å²) in [5, 5.41) is 3.18. The molecule has 1 heterocycles. The van der Waals surface area contributed by atoms with E-state index in [4.69, 9.17) is 10.5 Å². The van der Waals surface area contributed by atoms with Crippen molar-refractivity contribution in [2.24, 2.45) is 5.73 Å². The molecule has 0 spiro atoms. The van der Waals surface area contributed by atoms with Crippen molar-refractivity contribution >= 4 is 5.91 Å². The molecule has 1 saturated heterocycles. The normalized spacial score (nSPS) is 23.1. The van der Waals surface area contributed by atoms with Gasteiger partial charge in [-0.05, 0) is 61.9 Å².